The van der Waals surface area contributed by atoms with Crippen molar-refractivity contribution in [1.82, 2.24) is 9.21 Å². The molecule has 0 aromatic heterocycles. The molecule has 29 heavy (non-hydrogen) atoms. The lowest BCUT2D eigenvalue weighted by Crippen LogP contribution is -2.43. The molecule has 0 amide bonds. The van der Waals surface area contributed by atoms with Crippen LogP contribution in [0.1, 0.15) is 30.1 Å². The van der Waals surface area contributed by atoms with Gasteiger partial charge >= 0.3 is 0 Å². The van der Waals surface area contributed by atoms with Crippen LogP contribution >= 0.6 is 0 Å². The fourth-order valence-electron chi connectivity index (χ4n) is 3.77. The van der Waals surface area contributed by atoms with Crippen LogP contribution in [0.4, 0.5) is 0 Å². The Morgan fingerprint density at radius 1 is 1.21 bits per heavy atom. The second kappa shape index (κ2) is 9.22. The van der Waals surface area contributed by atoms with E-state index in [1.165, 1.54) is 35.5 Å². The fraction of sp³-hybridized carbons (Fsp3) is 0.632. The molecule has 1 unspecified atom stereocenters. The van der Waals surface area contributed by atoms with Crippen LogP contribution < -0.4 is 0 Å². The maximum absolute atomic E-state index is 13.3. The average molecular weight is 445 g/mol. The number of Topliss-reactive ketones (excluding diaryl/α,β-unsaturated/α-hetero) is 1. The normalized spacial score (nSPS) is 22.8. The van der Waals surface area contributed by atoms with Crippen molar-refractivity contribution in [2.45, 2.75) is 30.7 Å². The van der Waals surface area contributed by atoms with E-state index >= 15 is 0 Å². The van der Waals surface area contributed by atoms with E-state index in [1.807, 2.05) is 0 Å². The quantitative estimate of drug-likeness (QED) is 0.546. The van der Waals surface area contributed by atoms with Crippen molar-refractivity contribution < 1.29 is 26.4 Å². The smallest absolute Gasteiger partial charge is 0.243 e. The molecule has 8 nitrogen and oxygen atoms in total. The largest absolute Gasteiger partial charge is 0.379 e. The zero-order valence-electron chi connectivity index (χ0n) is 16.6. The van der Waals surface area contributed by atoms with Crippen LogP contribution in [0.15, 0.2) is 29.2 Å². The number of hydrogen-bond donors (Lipinski definition) is 0. The summed E-state index contributed by atoms with van der Waals surface area (Å²) in [6.45, 7) is 5.39. The van der Waals surface area contributed by atoms with Gasteiger partial charge in [0.15, 0.2) is 15.6 Å². The third-order valence-electron chi connectivity index (χ3n) is 5.44. The Hall–Kier alpha value is -1.33. The van der Waals surface area contributed by atoms with E-state index in [-0.39, 0.29) is 28.7 Å². The Balaban J connectivity index is 1.78. The maximum atomic E-state index is 13.3. The standard InChI is InChI=1S/C19H28N2O6S2/c1-16(22)17-3-5-19(6-4-17)29(25,26)21(18-7-14-28(23,24)15-18)9-2-8-20-10-12-27-13-11-20/h3-6,18H,2,7-15H2,1H3. The highest BCUT2D eigenvalue weighted by molar-refractivity contribution is 7.92. The van der Waals surface area contributed by atoms with Gasteiger partial charge in [-0.2, -0.15) is 4.31 Å². The molecular weight excluding hydrogens is 416 g/mol. The molecule has 1 atom stereocenters. The van der Waals surface area contributed by atoms with Gasteiger partial charge in [0.2, 0.25) is 10.0 Å². The van der Waals surface area contributed by atoms with E-state index in [2.05, 4.69) is 4.90 Å². The van der Waals surface area contributed by atoms with Crippen LogP contribution in [0.25, 0.3) is 0 Å². The zero-order chi connectivity index (χ0) is 21.1. The molecule has 162 valence electrons. The average Bonchev–Trinajstić information content (AvgIpc) is 3.05. The summed E-state index contributed by atoms with van der Waals surface area (Å²) in [5, 5.41) is 0. The number of sulfone groups is 1. The minimum Gasteiger partial charge on any atom is -0.379 e. The van der Waals surface area contributed by atoms with Crippen LogP contribution in [0.3, 0.4) is 0 Å². The van der Waals surface area contributed by atoms with E-state index in [1.54, 1.807) is 0 Å². The van der Waals surface area contributed by atoms with Gasteiger partial charge in [-0.05, 0) is 38.4 Å². The number of sulfonamides is 1. The highest BCUT2D eigenvalue weighted by atomic mass is 32.2. The first-order valence-corrected chi connectivity index (χ1v) is 13.1. The summed E-state index contributed by atoms with van der Waals surface area (Å²) < 4.78 is 57.2. The lowest BCUT2D eigenvalue weighted by molar-refractivity contribution is 0.0367. The minimum absolute atomic E-state index is 0.0103. The SMILES string of the molecule is CC(=O)c1ccc(S(=O)(=O)N(CCCN2CCOCC2)C2CCS(=O)(=O)C2)cc1. The molecule has 2 aliphatic rings. The summed E-state index contributed by atoms with van der Waals surface area (Å²) in [5.74, 6) is -0.274. The molecule has 0 bridgehead atoms. The van der Waals surface area contributed by atoms with E-state index in [4.69, 9.17) is 4.74 Å². The molecule has 2 saturated heterocycles. The van der Waals surface area contributed by atoms with Gasteiger partial charge in [-0.25, -0.2) is 16.8 Å². The topological polar surface area (TPSA) is 101 Å². The monoisotopic (exact) mass is 444 g/mol. The number of hydrogen-bond acceptors (Lipinski definition) is 7. The molecule has 1 aromatic rings. The molecular formula is C19H28N2O6S2. The van der Waals surface area contributed by atoms with Gasteiger partial charge in [-0.3, -0.25) is 9.69 Å². The van der Waals surface area contributed by atoms with E-state index in [9.17, 15) is 21.6 Å². The lowest BCUT2D eigenvalue weighted by Gasteiger charge is -2.30. The minimum atomic E-state index is -3.87. The van der Waals surface area contributed by atoms with E-state index < -0.39 is 25.9 Å². The Morgan fingerprint density at radius 2 is 1.86 bits per heavy atom. The summed E-state index contributed by atoms with van der Waals surface area (Å²) in [7, 11) is -7.09. The second-order valence-electron chi connectivity index (χ2n) is 7.56. The van der Waals surface area contributed by atoms with Crippen molar-refractivity contribution in [3.8, 4) is 0 Å². The zero-order valence-corrected chi connectivity index (χ0v) is 18.3. The first kappa shape index (κ1) is 22.4. The highest BCUT2D eigenvalue weighted by Gasteiger charge is 2.38. The Labute approximate surface area is 172 Å². The summed E-state index contributed by atoms with van der Waals surface area (Å²) in [6, 6.07) is 5.27. The molecule has 0 radical (unpaired) electrons. The number of carbonyl (C=O) groups excluding carboxylic acids is 1. The molecule has 2 fully saturated rings. The van der Waals surface area contributed by atoms with Gasteiger partial charge < -0.3 is 4.74 Å². The van der Waals surface area contributed by atoms with Crippen molar-refractivity contribution in [3.63, 3.8) is 0 Å². The maximum Gasteiger partial charge on any atom is 0.243 e. The highest BCUT2D eigenvalue weighted by Crippen LogP contribution is 2.26. The molecule has 10 heteroatoms. The van der Waals surface area contributed by atoms with Crippen molar-refractivity contribution >= 4 is 25.6 Å². The van der Waals surface area contributed by atoms with Crippen molar-refractivity contribution in [3.05, 3.63) is 29.8 Å². The summed E-state index contributed by atoms with van der Waals surface area (Å²) in [5.41, 5.74) is 0.436. The predicted molar refractivity (Wildman–Crippen MR) is 109 cm³/mol. The number of ether oxygens (including phenoxy) is 1. The first-order valence-electron chi connectivity index (χ1n) is 9.82. The number of morpholine rings is 1. The number of carbonyl (C=O) groups is 1. The summed E-state index contributed by atoms with van der Waals surface area (Å²) in [4.78, 5) is 13.8. The first-order chi connectivity index (χ1) is 13.7. The van der Waals surface area contributed by atoms with Crippen LogP contribution in [0.5, 0.6) is 0 Å². The van der Waals surface area contributed by atoms with Crippen LogP contribution in [-0.4, -0.2) is 88.8 Å². The van der Waals surface area contributed by atoms with E-state index in [0.717, 1.165) is 19.6 Å². The van der Waals surface area contributed by atoms with Gasteiger partial charge in [0.1, 0.15) is 0 Å². The number of nitrogens with zero attached hydrogens (tertiary/aromatic N) is 2. The molecule has 2 aliphatic heterocycles. The molecule has 0 spiro atoms. The molecule has 2 heterocycles. The van der Waals surface area contributed by atoms with Gasteiger partial charge in [0.25, 0.3) is 0 Å². The van der Waals surface area contributed by atoms with Crippen LogP contribution in [0, 0.1) is 0 Å². The fourth-order valence-corrected chi connectivity index (χ4v) is 7.29. The second-order valence-corrected chi connectivity index (χ2v) is 11.7. The molecule has 0 aliphatic carbocycles. The van der Waals surface area contributed by atoms with Gasteiger partial charge in [0, 0.05) is 31.2 Å². The van der Waals surface area contributed by atoms with Crippen LogP contribution in [-0.2, 0) is 24.6 Å². The Kier molecular flexibility index (Phi) is 7.10. The van der Waals surface area contributed by atoms with Gasteiger partial charge in [0.05, 0.1) is 29.6 Å². The van der Waals surface area contributed by atoms with Crippen molar-refractivity contribution in [1.29, 1.82) is 0 Å². The molecule has 1 aromatic carbocycles. The molecule has 0 saturated carbocycles. The van der Waals surface area contributed by atoms with Gasteiger partial charge in [-0.15, -0.1) is 0 Å². The van der Waals surface area contributed by atoms with Crippen molar-refractivity contribution in [2.24, 2.45) is 0 Å². The van der Waals surface area contributed by atoms with Crippen molar-refractivity contribution in [2.75, 3.05) is 50.9 Å². The predicted octanol–water partition coefficient (Wildman–Crippen LogP) is 0.789. The number of ketones is 1. The third kappa shape index (κ3) is 5.64. The van der Waals surface area contributed by atoms with Crippen LogP contribution in [0.2, 0.25) is 0 Å². The number of rotatable bonds is 8. The lowest BCUT2D eigenvalue weighted by atomic mass is 10.2. The summed E-state index contributed by atoms with van der Waals surface area (Å²) in [6.07, 6.45) is 0.923. The number of benzene rings is 1. The summed E-state index contributed by atoms with van der Waals surface area (Å²) >= 11 is 0. The Morgan fingerprint density at radius 3 is 2.41 bits per heavy atom. The molecule has 3 rings (SSSR count). The third-order valence-corrected chi connectivity index (χ3v) is 9.16. The molecule has 0 N–H and O–H groups in total. The van der Waals surface area contributed by atoms with Gasteiger partial charge in [-0.1, -0.05) is 12.1 Å². The Bertz CT molecular complexity index is 922. The van der Waals surface area contributed by atoms with E-state index in [0.29, 0.717) is 31.6 Å².